The van der Waals surface area contributed by atoms with Gasteiger partial charge in [0.2, 0.25) is 0 Å². The van der Waals surface area contributed by atoms with E-state index in [2.05, 4.69) is 154 Å². The van der Waals surface area contributed by atoms with Crippen molar-refractivity contribution in [3.8, 4) is 11.5 Å². The first-order valence-corrected chi connectivity index (χ1v) is 22.5. The molecular weight excluding hydrogens is 922 g/mol. The van der Waals surface area contributed by atoms with Gasteiger partial charge >= 0.3 is 11.9 Å². The van der Waals surface area contributed by atoms with Crippen molar-refractivity contribution in [3.63, 3.8) is 0 Å². The molecule has 0 radical (unpaired) electrons. The van der Waals surface area contributed by atoms with E-state index in [-0.39, 0.29) is 0 Å². The average molecular weight is 962 g/mol. The van der Waals surface area contributed by atoms with Crippen LogP contribution < -0.4 is 14.4 Å². The summed E-state index contributed by atoms with van der Waals surface area (Å²) in [7, 11) is 0. The number of benzene rings is 10. The molecule has 0 heterocycles. The molecule has 310 valence electrons. The van der Waals surface area contributed by atoms with E-state index in [1.165, 1.54) is 37.9 Å². The topological polar surface area (TPSA) is 55.8 Å². The molecule has 7 heteroatoms. The zero-order valence-electron chi connectivity index (χ0n) is 34.9. The van der Waals surface area contributed by atoms with Gasteiger partial charge < -0.3 is 14.4 Å². The molecule has 0 unspecified atom stereocenters. The molecule has 0 saturated carbocycles. The Bertz CT molecular complexity index is 3190. The summed E-state index contributed by atoms with van der Waals surface area (Å²) in [5.74, 6) is 0.00238. The summed E-state index contributed by atoms with van der Waals surface area (Å²) >= 11 is 6.86. The van der Waals surface area contributed by atoms with E-state index in [0.717, 1.165) is 42.7 Å². The van der Waals surface area contributed by atoms with Crippen LogP contribution in [0.15, 0.2) is 209 Å². The summed E-state index contributed by atoms with van der Waals surface area (Å²) in [5, 5.41) is 7.37. The zero-order chi connectivity index (χ0) is 44.0. The lowest BCUT2D eigenvalue weighted by molar-refractivity contribution is 0.0725. The van der Waals surface area contributed by atoms with E-state index in [0.29, 0.717) is 22.6 Å². The van der Waals surface area contributed by atoms with Crippen LogP contribution in [0.4, 0.5) is 17.1 Å². The number of aryl methyl sites for hydroxylation is 1. The maximum Gasteiger partial charge on any atom is 0.343 e. The Morgan fingerprint density at radius 3 is 1.34 bits per heavy atom. The smallest absolute Gasteiger partial charge is 0.343 e. The number of carbonyl (C=O) groups is 2. The van der Waals surface area contributed by atoms with Crippen LogP contribution in [-0.2, 0) is 5.41 Å². The van der Waals surface area contributed by atoms with Gasteiger partial charge in [-0.2, -0.15) is 0 Å². The average Bonchev–Trinajstić information content (AvgIpc) is 3.32. The summed E-state index contributed by atoms with van der Waals surface area (Å²) < 4.78 is 13.4. The molecule has 64 heavy (non-hydrogen) atoms. The number of anilines is 3. The second-order valence-electron chi connectivity index (χ2n) is 16.1. The Hall–Kier alpha value is -7.06. The van der Waals surface area contributed by atoms with Crippen molar-refractivity contribution in [3.05, 3.63) is 243 Å². The number of hydrogen-bond donors (Lipinski definition) is 0. The molecule has 0 spiro atoms. The molecule has 10 rings (SSSR count). The summed E-state index contributed by atoms with van der Waals surface area (Å²) in [4.78, 5) is 28.5. The third-order valence-electron chi connectivity index (χ3n) is 12.2. The van der Waals surface area contributed by atoms with Gasteiger partial charge in [-0.1, -0.05) is 134 Å². The highest BCUT2D eigenvalue weighted by Crippen LogP contribution is 2.46. The molecule has 0 aliphatic carbocycles. The van der Waals surface area contributed by atoms with E-state index in [9.17, 15) is 9.59 Å². The molecular formula is C57H39Br2NO4. The minimum atomic E-state index is -0.692. The summed E-state index contributed by atoms with van der Waals surface area (Å²) in [6.45, 7) is 4.30. The molecule has 5 nitrogen and oxygen atoms in total. The SMILES string of the molecule is Cc1ccc(N(c2ccc(C(C)(c3ccc(OC(=O)c4ccc(Br)cc4)cc3)c3ccc(OC(=O)c4ccc(Br)cc4)cc3)cc2)c2ccc3ccc4cccc5ccc2c3c45)cc1. The zero-order valence-corrected chi connectivity index (χ0v) is 38.1. The Labute approximate surface area is 388 Å². The van der Waals surface area contributed by atoms with Gasteiger partial charge in [-0.15, -0.1) is 0 Å². The number of halogens is 2. The van der Waals surface area contributed by atoms with Crippen molar-refractivity contribution in [1.29, 1.82) is 0 Å². The molecule has 0 N–H and O–H groups in total. The lowest BCUT2D eigenvalue weighted by Crippen LogP contribution is -2.25. The Morgan fingerprint density at radius 2 is 0.859 bits per heavy atom. The number of rotatable bonds is 10. The van der Waals surface area contributed by atoms with Gasteiger partial charge in [0.05, 0.1) is 16.8 Å². The fourth-order valence-electron chi connectivity index (χ4n) is 8.70. The largest absolute Gasteiger partial charge is 0.423 e. The van der Waals surface area contributed by atoms with Crippen LogP contribution in [0, 0.1) is 6.92 Å². The molecule has 0 aliphatic heterocycles. The highest BCUT2D eigenvalue weighted by Gasteiger charge is 2.32. The van der Waals surface area contributed by atoms with Gasteiger partial charge in [0.15, 0.2) is 0 Å². The van der Waals surface area contributed by atoms with Crippen molar-refractivity contribution in [2.45, 2.75) is 19.3 Å². The lowest BCUT2D eigenvalue weighted by atomic mass is 9.71. The van der Waals surface area contributed by atoms with Gasteiger partial charge in [-0.05, 0) is 161 Å². The quantitative estimate of drug-likeness (QED) is 0.0592. The fourth-order valence-corrected chi connectivity index (χ4v) is 9.22. The van der Waals surface area contributed by atoms with E-state index < -0.39 is 17.4 Å². The third kappa shape index (κ3) is 7.72. The van der Waals surface area contributed by atoms with Gasteiger partial charge in [-0.25, -0.2) is 9.59 Å². The van der Waals surface area contributed by atoms with Crippen LogP contribution in [-0.4, -0.2) is 11.9 Å². The molecule has 0 saturated heterocycles. The molecule has 0 bridgehead atoms. The maximum atomic E-state index is 13.1. The van der Waals surface area contributed by atoms with Crippen molar-refractivity contribution < 1.29 is 19.1 Å². The molecule has 10 aromatic carbocycles. The molecule has 0 aromatic heterocycles. The fraction of sp³-hybridized carbons (Fsp3) is 0.0526. The predicted octanol–water partition coefficient (Wildman–Crippen LogP) is 15.7. The number of nitrogens with zero attached hydrogens (tertiary/aromatic N) is 1. The number of esters is 2. The minimum Gasteiger partial charge on any atom is -0.423 e. The van der Waals surface area contributed by atoms with E-state index in [1.54, 1.807) is 24.3 Å². The van der Waals surface area contributed by atoms with E-state index in [4.69, 9.17) is 9.47 Å². The summed E-state index contributed by atoms with van der Waals surface area (Å²) in [6, 6.07) is 66.8. The van der Waals surface area contributed by atoms with Gasteiger partial charge in [-0.3, -0.25) is 0 Å². The number of hydrogen-bond acceptors (Lipinski definition) is 5. The van der Waals surface area contributed by atoms with Crippen LogP contribution in [0.25, 0.3) is 32.3 Å². The van der Waals surface area contributed by atoms with Crippen molar-refractivity contribution in [2.24, 2.45) is 0 Å². The highest BCUT2D eigenvalue weighted by atomic mass is 79.9. The van der Waals surface area contributed by atoms with Crippen LogP contribution in [0.2, 0.25) is 0 Å². The number of ether oxygens (including phenoxy) is 2. The molecule has 0 amide bonds. The van der Waals surface area contributed by atoms with E-state index in [1.807, 2.05) is 72.8 Å². The van der Waals surface area contributed by atoms with Gasteiger partial charge in [0.1, 0.15) is 11.5 Å². The molecule has 0 aliphatic rings. The maximum absolute atomic E-state index is 13.1. The predicted molar refractivity (Wildman–Crippen MR) is 266 cm³/mol. The Morgan fingerprint density at radius 1 is 0.453 bits per heavy atom. The Balaban J connectivity index is 1.05. The summed E-state index contributed by atoms with van der Waals surface area (Å²) in [6.07, 6.45) is 0. The van der Waals surface area contributed by atoms with Crippen LogP contribution in [0.1, 0.15) is 49.9 Å². The van der Waals surface area contributed by atoms with Crippen LogP contribution in [0.3, 0.4) is 0 Å². The number of carbonyl (C=O) groups excluding carboxylic acids is 2. The van der Waals surface area contributed by atoms with Crippen molar-refractivity contribution in [2.75, 3.05) is 4.90 Å². The van der Waals surface area contributed by atoms with Gasteiger partial charge in [0, 0.05) is 31.1 Å². The first-order chi connectivity index (χ1) is 31.1. The normalized spacial score (nSPS) is 11.6. The standard InChI is InChI=1S/C57H39Br2NO4/c1-36-6-26-47(27-7-36)60(52-35-15-39-9-8-37-4-3-5-38-14-34-51(52)54(39)53(37)38)48-28-16-42(17-29-48)57(2,43-18-30-49(31-19-43)63-55(61)40-10-22-45(58)23-11-40)44-20-32-50(33-21-44)64-56(62)41-12-24-46(59)25-13-41/h3-35H,1-2H3. The second-order valence-corrected chi connectivity index (χ2v) is 18.0. The van der Waals surface area contributed by atoms with Gasteiger partial charge in [0.25, 0.3) is 0 Å². The Kier molecular flexibility index (Phi) is 10.8. The highest BCUT2D eigenvalue weighted by molar-refractivity contribution is 9.10. The molecule has 10 aromatic rings. The van der Waals surface area contributed by atoms with Crippen molar-refractivity contribution in [1.82, 2.24) is 0 Å². The lowest BCUT2D eigenvalue weighted by Gasteiger charge is -2.33. The monoisotopic (exact) mass is 959 g/mol. The third-order valence-corrected chi connectivity index (χ3v) is 13.2. The summed E-state index contributed by atoms with van der Waals surface area (Å²) in [5.41, 5.74) is 7.56. The second kappa shape index (κ2) is 16.9. The van der Waals surface area contributed by atoms with Crippen molar-refractivity contribution >= 4 is 93.2 Å². The van der Waals surface area contributed by atoms with Crippen LogP contribution >= 0.6 is 31.9 Å². The van der Waals surface area contributed by atoms with Crippen LogP contribution in [0.5, 0.6) is 11.5 Å². The minimum absolute atomic E-state index is 0.435. The first kappa shape index (κ1) is 41.0. The molecule has 0 fully saturated rings. The molecule has 0 atom stereocenters. The van der Waals surface area contributed by atoms with E-state index >= 15 is 0 Å². The first-order valence-electron chi connectivity index (χ1n) is 20.9.